The number of nitrogens with one attached hydrogen (secondary N) is 2. The highest BCUT2D eigenvalue weighted by atomic mass is 32.1. The van der Waals surface area contributed by atoms with E-state index >= 15 is 0 Å². The van der Waals surface area contributed by atoms with Gasteiger partial charge in [-0.25, -0.2) is 0 Å². The van der Waals surface area contributed by atoms with Crippen molar-refractivity contribution in [1.82, 2.24) is 10.6 Å². The van der Waals surface area contributed by atoms with Crippen LogP contribution in [-0.4, -0.2) is 11.0 Å². The standard InChI is InChI=1S/C14H15N3OS/c1-8(2)9-3-5-10(6-4-9)12-11(7-15)13(18)17-14(19)16-12/h3-6,8,11-12H,1-2H3,(H2,16,17,18,19)/t11-,12-/m0/s1. The molecule has 0 bridgehead atoms. The largest absolute Gasteiger partial charge is 0.354 e. The molecule has 4 nitrogen and oxygen atoms in total. The molecule has 1 aliphatic heterocycles. The minimum Gasteiger partial charge on any atom is -0.354 e. The third-order valence-electron chi connectivity index (χ3n) is 3.24. The molecule has 1 heterocycles. The van der Waals surface area contributed by atoms with Gasteiger partial charge < -0.3 is 10.6 Å². The Labute approximate surface area is 117 Å². The molecule has 2 atom stereocenters. The van der Waals surface area contributed by atoms with Crippen LogP contribution in [0.15, 0.2) is 24.3 Å². The summed E-state index contributed by atoms with van der Waals surface area (Å²) in [5.41, 5.74) is 2.12. The Kier molecular flexibility index (Phi) is 3.82. The predicted octanol–water partition coefficient (Wildman–Crippen LogP) is 2.00. The normalized spacial score (nSPS) is 22.6. The van der Waals surface area contributed by atoms with E-state index in [1.54, 1.807) is 0 Å². The minimum absolute atomic E-state index is 0.273. The number of rotatable bonds is 2. The molecule has 5 heteroatoms. The highest BCUT2D eigenvalue weighted by Gasteiger charge is 2.34. The molecular weight excluding hydrogens is 258 g/mol. The Bertz CT molecular complexity index is 545. The van der Waals surface area contributed by atoms with Gasteiger partial charge in [-0.3, -0.25) is 4.79 Å². The van der Waals surface area contributed by atoms with Crippen molar-refractivity contribution in [2.45, 2.75) is 25.8 Å². The van der Waals surface area contributed by atoms with Crippen LogP contribution < -0.4 is 10.6 Å². The van der Waals surface area contributed by atoms with Gasteiger partial charge in [-0.1, -0.05) is 38.1 Å². The first-order valence-corrected chi connectivity index (χ1v) is 6.54. The average Bonchev–Trinajstić information content (AvgIpc) is 2.38. The minimum atomic E-state index is -0.767. The van der Waals surface area contributed by atoms with Gasteiger partial charge in [-0.2, -0.15) is 5.26 Å². The number of hydrogen-bond donors (Lipinski definition) is 2. The summed E-state index contributed by atoms with van der Waals surface area (Å²) in [6.45, 7) is 4.24. The van der Waals surface area contributed by atoms with Crippen LogP contribution in [0, 0.1) is 17.2 Å². The first-order valence-electron chi connectivity index (χ1n) is 6.13. The fourth-order valence-corrected chi connectivity index (χ4v) is 2.33. The van der Waals surface area contributed by atoms with Gasteiger partial charge in [0, 0.05) is 0 Å². The third kappa shape index (κ3) is 2.74. The maximum atomic E-state index is 11.7. The van der Waals surface area contributed by atoms with Gasteiger partial charge in [0.05, 0.1) is 12.1 Å². The molecule has 2 rings (SSSR count). The molecule has 1 aliphatic rings. The molecular formula is C14H15N3OS. The fourth-order valence-electron chi connectivity index (χ4n) is 2.10. The fraction of sp³-hybridized carbons (Fsp3) is 0.357. The monoisotopic (exact) mass is 273 g/mol. The van der Waals surface area contributed by atoms with E-state index in [1.807, 2.05) is 30.3 Å². The van der Waals surface area contributed by atoms with Crippen LogP contribution in [0.25, 0.3) is 0 Å². The number of thiocarbonyl (C=S) groups is 1. The molecule has 0 spiro atoms. The first kappa shape index (κ1) is 13.5. The van der Waals surface area contributed by atoms with Crippen molar-refractivity contribution in [2.24, 2.45) is 5.92 Å². The van der Waals surface area contributed by atoms with Crippen molar-refractivity contribution in [3.05, 3.63) is 35.4 Å². The Balaban J connectivity index is 2.30. The van der Waals surface area contributed by atoms with Crippen LogP contribution in [0.5, 0.6) is 0 Å². The molecule has 0 aromatic heterocycles. The molecule has 1 saturated heterocycles. The lowest BCUT2D eigenvalue weighted by atomic mass is 9.90. The van der Waals surface area contributed by atoms with Gasteiger partial charge in [0.1, 0.15) is 5.92 Å². The quantitative estimate of drug-likeness (QED) is 0.809. The molecule has 0 radical (unpaired) electrons. The Morgan fingerprint density at radius 3 is 2.47 bits per heavy atom. The van der Waals surface area contributed by atoms with Crippen molar-refractivity contribution in [2.75, 3.05) is 0 Å². The van der Waals surface area contributed by atoms with E-state index in [0.29, 0.717) is 5.92 Å². The number of carbonyl (C=O) groups excluding carboxylic acids is 1. The molecule has 1 amide bonds. The maximum Gasteiger partial charge on any atom is 0.245 e. The summed E-state index contributed by atoms with van der Waals surface area (Å²) in [6.07, 6.45) is 0. The Morgan fingerprint density at radius 1 is 1.32 bits per heavy atom. The lowest BCUT2D eigenvalue weighted by molar-refractivity contribution is -0.123. The second-order valence-electron chi connectivity index (χ2n) is 4.87. The molecule has 0 saturated carbocycles. The van der Waals surface area contributed by atoms with E-state index in [1.165, 1.54) is 5.56 Å². The maximum absolute atomic E-state index is 11.7. The molecule has 1 fully saturated rings. The lowest BCUT2D eigenvalue weighted by Crippen LogP contribution is -2.53. The summed E-state index contributed by atoms with van der Waals surface area (Å²) >= 11 is 4.98. The van der Waals surface area contributed by atoms with Crippen LogP contribution in [0.4, 0.5) is 0 Å². The van der Waals surface area contributed by atoms with E-state index in [2.05, 4.69) is 24.5 Å². The number of nitriles is 1. The summed E-state index contributed by atoms with van der Waals surface area (Å²) in [4.78, 5) is 11.7. The lowest BCUT2D eigenvalue weighted by Gasteiger charge is -2.29. The third-order valence-corrected chi connectivity index (χ3v) is 3.46. The summed E-state index contributed by atoms with van der Waals surface area (Å²) in [5, 5.41) is 14.9. The summed E-state index contributed by atoms with van der Waals surface area (Å²) in [6, 6.07) is 9.57. The molecule has 98 valence electrons. The van der Waals surface area contributed by atoms with Crippen LogP contribution in [-0.2, 0) is 4.79 Å². The molecule has 1 aromatic carbocycles. The SMILES string of the molecule is CC(C)c1ccc([C@@H]2NC(=S)NC(=O)[C@H]2C#N)cc1. The van der Waals surface area contributed by atoms with Gasteiger partial charge in [-0.15, -0.1) is 0 Å². The van der Waals surface area contributed by atoms with Gasteiger partial charge in [0.25, 0.3) is 0 Å². The summed E-state index contributed by atoms with van der Waals surface area (Å²) in [5.74, 6) is -0.662. The van der Waals surface area contributed by atoms with Crippen LogP contribution in [0.3, 0.4) is 0 Å². The second-order valence-corrected chi connectivity index (χ2v) is 5.28. The summed E-state index contributed by atoms with van der Waals surface area (Å²) in [7, 11) is 0. The van der Waals surface area contributed by atoms with Crippen LogP contribution >= 0.6 is 12.2 Å². The van der Waals surface area contributed by atoms with Gasteiger partial charge in [0.15, 0.2) is 5.11 Å². The van der Waals surface area contributed by atoms with Gasteiger partial charge in [0.2, 0.25) is 5.91 Å². The van der Waals surface area contributed by atoms with Crippen LogP contribution in [0.1, 0.15) is 36.9 Å². The van der Waals surface area contributed by atoms with Crippen molar-refractivity contribution in [1.29, 1.82) is 5.26 Å². The number of nitrogens with zero attached hydrogens (tertiary/aromatic N) is 1. The predicted molar refractivity (Wildman–Crippen MR) is 76.3 cm³/mol. The smallest absolute Gasteiger partial charge is 0.245 e. The zero-order valence-electron chi connectivity index (χ0n) is 10.8. The summed E-state index contributed by atoms with van der Waals surface area (Å²) < 4.78 is 0. The molecule has 2 N–H and O–H groups in total. The molecule has 0 aliphatic carbocycles. The number of hydrogen-bond acceptors (Lipinski definition) is 3. The van der Waals surface area contributed by atoms with Crippen molar-refractivity contribution in [3.8, 4) is 6.07 Å². The zero-order chi connectivity index (χ0) is 14.0. The second kappa shape index (κ2) is 5.37. The van der Waals surface area contributed by atoms with E-state index in [0.717, 1.165) is 5.56 Å². The number of amides is 1. The van der Waals surface area contributed by atoms with Crippen molar-refractivity contribution < 1.29 is 4.79 Å². The zero-order valence-corrected chi connectivity index (χ0v) is 11.6. The number of carbonyl (C=O) groups is 1. The Hall–Kier alpha value is -1.93. The molecule has 1 aromatic rings. The topological polar surface area (TPSA) is 64.9 Å². The van der Waals surface area contributed by atoms with Crippen molar-refractivity contribution in [3.63, 3.8) is 0 Å². The van der Waals surface area contributed by atoms with Crippen molar-refractivity contribution >= 4 is 23.2 Å². The highest BCUT2D eigenvalue weighted by molar-refractivity contribution is 7.80. The Morgan fingerprint density at radius 2 is 1.95 bits per heavy atom. The molecule has 19 heavy (non-hydrogen) atoms. The number of benzene rings is 1. The van der Waals surface area contributed by atoms with E-state index in [-0.39, 0.29) is 17.1 Å². The first-order chi connectivity index (χ1) is 9.02. The van der Waals surface area contributed by atoms with Gasteiger partial charge in [-0.05, 0) is 29.3 Å². The van der Waals surface area contributed by atoms with Crippen LogP contribution in [0.2, 0.25) is 0 Å². The van der Waals surface area contributed by atoms with Gasteiger partial charge >= 0.3 is 0 Å². The highest BCUT2D eigenvalue weighted by Crippen LogP contribution is 2.26. The van der Waals surface area contributed by atoms with E-state index < -0.39 is 5.92 Å². The molecule has 0 unspecified atom stereocenters. The van der Waals surface area contributed by atoms with E-state index in [4.69, 9.17) is 17.5 Å². The van der Waals surface area contributed by atoms with E-state index in [9.17, 15) is 4.79 Å². The average molecular weight is 273 g/mol.